The molecule has 1 saturated carbocycles. The van der Waals surface area contributed by atoms with Crippen LogP contribution in [-0.4, -0.2) is 46.8 Å². The van der Waals surface area contributed by atoms with Gasteiger partial charge in [-0.25, -0.2) is 0 Å². The highest BCUT2D eigenvalue weighted by Crippen LogP contribution is 2.38. The molecule has 2 aliphatic rings. The van der Waals surface area contributed by atoms with Crippen LogP contribution >= 0.6 is 7.60 Å². The molecule has 2 aromatic carbocycles. The van der Waals surface area contributed by atoms with Crippen molar-refractivity contribution >= 4 is 30.6 Å². The van der Waals surface area contributed by atoms with Gasteiger partial charge in [-0.3, -0.25) is 18.9 Å². The fourth-order valence-corrected chi connectivity index (χ4v) is 5.95. The highest BCUT2D eigenvalue weighted by molar-refractivity contribution is 7.60. The number of amides is 3. The van der Waals surface area contributed by atoms with Crippen LogP contribution in [0.15, 0.2) is 36.4 Å². The molecule has 3 amide bonds. The Hall–Kier alpha value is -3.40. The van der Waals surface area contributed by atoms with Crippen molar-refractivity contribution in [2.75, 3.05) is 13.2 Å². The first-order chi connectivity index (χ1) is 19.5. The normalized spacial score (nSPS) is 18.3. The summed E-state index contributed by atoms with van der Waals surface area (Å²) in [4.78, 5) is 56.5. The average molecular weight is 588 g/mol. The highest BCUT2D eigenvalue weighted by Gasteiger charge is 2.29. The molecule has 0 radical (unpaired) electrons. The lowest BCUT2D eigenvalue weighted by Gasteiger charge is -2.25. The lowest BCUT2D eigenvalue weighted by Crippen LogP contribution is -2.48. The standard InChI is InChI=1S/C29H38N3O8P/c1-18(33)31-25(14-19-9-11-21(12-10-19)41(36,37)38)29(35)32-24-8-5-13-39-26-16-27(23(28(30)34)15-22(24)26)40-17-20-6-3-2-4-7-20/h9-12,15-16,20,24-25H,2-8,13-14,17H2,1H3,(H2,30,34)(H,31,33)(H,32,35)(H2,36,37,38). The zero-order valence-electron chi connectivity index (χ0n) is 23.1. The summed E-state index contributed by atoms with van der Waals surface area (Å²) in [6.45, 7) is 2.21. The van der Waals surface area contributed by atoms with Crippen molar-refractivity contribution in [3.63, 3.8) is 0 Å². The Morgan fingerprint density at radius 3 is 2.41 bits per heavy atom. The SMILES string of the molecule is CC(=O)NC(Cc1ccc(P(=O)(O)O)cc1)C(=O)NC1CCCOc2cc(OCC3CCCCC3)c(C(N)=O)cc21. The van der Waals surface area contributed by atoms with Gasteiger partial charge in [0.25, 0.3) is 5.91 Å². The molecule has 1 heterocycles. The van der Waals surface area contributed by atoms with Gasteiger partial charge in [-0.05, 0) is 55.4 Å². The quantitative estimate of drug-likeness (QED) is 0.263. The number of hydrogen-bond donors (Lipinski definition) is 5. The van der Waals surface area contributed by atoms with Crippen LogP contribution in [0.2, 0.25) is 0 Å². The van der Waals surface area contributed by atoms with Gasteiger partial charge in [-0.15, -0.1) is 0 Å². The lowest BCUT2D eigenvalue weighted by atomic mass is 9.90. The summed E-state index contributed by atoms with van der Waals surface area (Å²) in [5.41, 5.74) is 7.15. The minimum absolute atomic E-state index is 0.101. The maximum Gasteiger partial charge on any atom is 0.356 e. The number of primary amides is 1. The minimum atomic E-state index is -4.40. The van der Waals surface area contributed by atoms with E-state index in [9.17, 15) is 28.7 Å². The summed E-state index contributed by atoms with van der Waals surface area (Å²) >= 11 is 0. The van der Waals surface area contributed by atoms with Gasteiger partial charge >= 0.3 is 7.60 Å². The number of carbonyl (C=O) groups is 3. The summed E-state index contributed by atoms with van der Waals surface area (Å²) in [5.74, 6) is -0.206. The molecule has 4 rings (SSSR count). The van der Waals surface area contributed by atoms with E-state index < -0.39 is 37.4 Å². The molecule has 0 spiro atoms. The van der Waals surface area contributed by atoms with E-state index in [1.807, 2.05) is 0 Å². The van der Waals surface area contributed by atoms with E-state index in [4.69, 9.17) is 15.2 Å². The van der Waals surface area contributed by atoms with Crippen molar-refractivity contribution in [1.82, 2.24) is 10.6 Å². The van der Waals surface area contributed by atoms with Crippen LogP contribution < -0.4 is 31.1 Å². The van der Waals surface area contributed by atoms with Crippen LogP contribution in [0, 0.1) is 5.92 Å². The van der Waals surface area contributed by atoms with Crippen molar-refractivity contribution in [3.05, 3.63) is 53.1 Å². The number of nitrogens with two attached hydrogens (primary N) is 1. The predicted molar refractivity (Wildman–Crippen MR) is 152 cm³/mol. The topological polar surface area (TPSA) is 177 Å². The number of ether oxygens (including phenoxy) is 2. The van der Waals surface area contributed by atoms with Crippen molar-refractivity contribution < 1.29 is 38.2 Å². The Bertz CT molecular complexity index is 1300. The maximum atomic E-state index is 13.5. The Morgan fingerprint density at radius 2 is 1.78 bits per heavy atom. The number of benzene rings is 2. The molecule has 222 valence electrons. The molecular formula is C29H38N3O8P. The number of fused-ring (bicyclic) bond motifs is 1. The van der Waals surface area contributed by atoms with E-state index in [0.29, 0.717) is 54.6 Å². The van der Waals surface area contributed by atoms with Gasteiger partial charge in [-0.1, -0.05) is 31.4 Å². The molecule has 2 aromatic rings. The van der Waals surface area contributed by atoms with Gasteiger partial charge in [0.1, 0.15) is 17.5 Å². The molecule has 0 bridgehead atoms. The van der Waals surface area contributed by atoms with Crippen LogP contribution in [0.1, 0.15) is 79.4 Å². The third kappa shape index (κ3) is 8.31. The van der Waals surface area contributed by atoms with Gasteiger partial charge in [0.05, 0.1) is 30.1 Å². The lowest BCUT2D eigenvalue weighted by molar-refractivity contribution is -0.128. The molecule has 6 N–H and O–H groups in total. The Labute approximate surface area is 239 Å². The first kappa shape index (κ1) is 30.6. The van der Waals surface area contributed by atoms with Crippen molar-refractivity contribution in [2.45, 2.75) is 70.4 Å². The van der Waals surface area contributed by atoms with E-state index in [2.05, 4.69) is 10.6 Å². The fourth-order valence-electron chi connectivity index (χ4n) is 5.41. The van der Waals surface area contributed by atoms with Crippen molar-refractivity contribution in [2.24, 2.45) is 11.7 Å². The summed E-state index contributed by atoms with van der Waals surface area (Å²) < 4.78 is 23.5. The van der Waals surface area contributed by atoms with E-state index in [1.165, 1.54) is 50.5 Å². The highest BCUT2D eigenvalue weighted by atomic mass is 31.2. The number of hydrogen-bond acceptors (Lipinski definition) is 6. The zero-order chi connectivity index (χ0) is 29.6. The first-order valence-corrected chi connectivity index (χ1v) is 15.6. The predicted octanol–water partition coefficient (Wildman–Crippen LogP) is 2.62. The molecule has 0 saturated heterocycles. The molecule has 2 atom stereocenters. The zero-order valence-corrected chi connectivity index (χ0v) is 24.0. The fraction of sp³-hybridized carbons (Fsp3) is 0.483. The second-order valence-electron chi connectivity index (χ2n) is 10.8. The second kappa shape index (κ2) is 13.5. The number of carbonyl (C=O) groups excluding carboxylic acids is 3. The third-order valence-electron chi connectivity index (χ3n) is 7.57. The van der Waals surface area contributed by atoms with Gasteiger partial charge < -0.3 is 35.6 Å². The first-order valence-electron chi connectivity index (χ1n) is 14.0. The van der Waals surface area contributed by atoms with Crippen LogP contribution in [0.5, 0.6) is 11.5 Å². The Kier molecular flexibility index (Phi) is 10.1. The van der Waals surface area contributed by atoms with Crippen LogP contribution in [0.25, 0.3) is 0 Å². The molecule has 41 heavy (non-hydrogen) atoms. The molecule has 1 aliphatic heterocycles. The summed E-state index contributed by atoms with van der Waals surface area (Å²) in [5, 5.41) is 5.52. The largest absolute Gasteiger partial charge is 0.493 e. The smallest absolute Gasteiger partial charge is 0.356 e. The summed E-state index contributed by atoms with van der Waals surface area (Å²) in [6.07, 6.45) is 7.02. The summed E-state index contributed by atoms with van der Waals surface area (Å²) in [6, 6.07) is 7.47. The average Bonchev–Trinajstić information content (AvgIpc) is 3.12. The molecule has 0 aromatic heterocycles. The van der Waals surface area contributed by atoms with Gasteiger partial charge in [-0.2, -0.15) is 0 Å². The summed E-state index contributed by atoms with van der Waals surface area (Å²) in [7, 11) is -4.40. The third-order valence-corrected chi connectivity index (χ3v) is 8.54. The van der Waals surface area contributed by atoms with E-state index >= 15 is 0 Å². The van der Waals surface area contributed by atoms with E-state index in [-0.39, 0.29) is 17.3 Å². The van der Waals surface area contributed by atoms with Gasteiger partial charge in [0, 0.05) is 25.0 Å². The molecule has 1 fully saturated rings. The van der Waals surface area contributed by atoms with Crippen LogP contribution in [-0.2, 0) is 20.6 Å². The molecule has 11 nitrogen and oxygen atoms in total. The van der Waals surface area contributed by atoms with Crippen molar-refractivity contribution in [1.29, 1.82) is 0 Å². The second-order valence-corrected chi connectivity index (χ2v) is 12.4. The minimum Gasteiger partial charge on any atom is -0.493 e. The van der Waals surface area contributed by atoms with E-state index in [1.54, 1.807) is 12.1 Å². The number of nitrogens with one attached hydrogen (secondary N) is 2. The maximum absolute atomic E-state index is 13.5. The van der Waals surface area contributed by atoms with Crippen molar-refractivity contribution in [3.8, 4) is 11.5 Å². The van der Waals surface area contributed by atoms with Gasteiger partial charge in [0.15, 0.2) is 0 Å². The molecular weight excluding hydrogens is 549 g/mol. The van der Waals surface area contributed by atoms with E-state index in [0.717, 1.165) is 12.8 Å². The monoisotopic (exact) mass is 587 g/mol. The molecule has 1 aliphatic carbocycles. The van der Waals surface area contributed by atoms with Gasteiger partial charge in [0.2, 0.25) is 11.8 Å². The Balaban J connectivity index is 1.54. The van der Waals surface area contributed by atoms with Crippen LogP contribution in [0.3, 0.4) is 0 Å². The molecule has 2 unspecified atom stereocenters. The Morgan fingerprint density at radius 1 is 1.07 bits per heavy atom. The number of rotatable bonds is 10. The molecule has 12 heteroatoms. The van der Waals surface area contributed by atoms with Crippen LogP contribution in [0.4, 0.5) is 0 Å².